The molecule has 0 bridgehead atoms. The first-order valence-corrected chi connectivity index (χ1v) is 15.2. The first kappa shape index (κ1) is 28.0. The molecule has 5 aliphatic rings. The highest BCUT2D eigenvalue weighted by Gasteiger charge is 2.47. The second-order valence-electron chi connectivity index (χ2n) is 13.8. The lowest BCUT2D eigenvalue weighted by atomic mass is 9.57. The van der Waals surface area contributed by atoms with Gasteiger partial charge in [0.15, 0.2) is 0 Å². The number of fused-ring (bicyclic) bond motifs is 1. The van der Waals surface area contributed by atoms with Crippen molar-refractivity contribution < 1.29 is 23.9 Å². The number of nitrogens with one attached hydrogen (secondary N) is 1. The predicted octanol–water partition coefficient (Wildman–Crippen LogP) is 3.00. The van der Waals surface area contributed by atoms with Gasteiger partial charge in [-0.3, -0.25) is 24.6 Å². The second-order valence-corrected chi connectivity index (χ2v) is 13.8. The number of likely N-dealkylation sites (tertiary alicyclic amines) is 1. The van der Waals surface area contributed by atoms with Crippen LogP contribution in [-0.2, 0) is 20.9 Å². The minimum atomic E-state index is -0.581. The third kappa shape index (κ3) is 5.80. The Kier molecular flexibility index (Phi) is 7.24. The maximum absolute atomic E-state index is 13.0. The molecule has 222 valence electrons. The number of rotatable bonds is 4. The van der Waals surface area contributed by atoms with Crippen molar-refractivity contribution in [1.82, 2.24) is 20.0 Å². The normalized spacial score (nSPS) is 25.3. The maximum Gasteiger partial charge on any atom is 0.410 e. The average Bonchev–Trinajstić information content (AvgIpc) is 3.23. The Bertz CT molecular complexity index is 1220. The van der Waals surface area contributed by atoms with E-state index in [1.165, 1.54) is 12.8 Å². The number of nitrogens with zero attached hydrogens (tertiary/aromatic N) is 4. The van der Waals surface area contributed by atoms with E-state index in [-0.39, 0.29) is 30.2 Å². The van der Waals surface area contributed by atoms with Gasteiger partial charge < -0.3 is 19.4 Å². The summed E-state index contributed by atoms with van der Waals surface area (Å²) in [5.74, 6) is -0.0322. The number of hydrogen-bond acceptors (Lipinski definition) is 7. The highest BCUT2D eigenvalue weighted by Crippen LogP contribution is 2.52. The molecule has 4 heterocycles. The van der Waals surface area contributed by atoms with Gasteiger partial charge in [-0.15, -0.1) is 0 Å². The fraction of sp³-hybridized carbons (Fsp3) is 0.677. The number of carbonyl (C=O) groups is 4. The molecule has 41 heavy (non-hydrogen) atoms. The minimum absolute atomic E-state index is 0.125. The summed E-state index contributed by atoms with van der Waals surface area (Å²) in [6.07, 6.45) is 5.15. The van der Waals surface area contributed by atoms with Gasteiger partial charge in [0.2, 0.25) is 11.8 Å². The van der Waals surface area contributed by atoms with Crippen LogP contribution in [0.4, 0.5) is 10.5 Å². The predicted molar refractivity (Wildman–Crippen MR) is 153 cm³/mol. The number of piperidine rings is 2. The zero-order chi connectivity index (χ0) is 28.9. The van der Waals surface area contributed by atoms with E-state index in [0.717, 1.165) is 75.8 Å². The summed E-state index contributed by atoms with van der Waals surface area (Å²) in [4.78, 5) is 57.8. The van der Waals surface area contributed by atoms with Crippen LogP contribution >= 0.6 is 0 Å². The number of anilines is 1. The Balaban J connectivity index is 0.954. The van der Waals surface area contributed by atoms with Crippen LogP contribution in [0, 0.1) is 11.3 Å². The molecule has 10 heteroatoms. The van der Waals surface area contributed by atoms with E-state index in [9.17, 15) is 19.2 Å². The summed E-state index contributed by atoms with van der Waals surface area (Å²) in [5.41, 5.74) is 2.70. The lowest BCUT2D eigenvalue weighted by Gasteiger charge is -2.53. The molecule has 3 saturated heterocycles. The summed E-state index contributed by atoms with van der Waals surface area (Å²) in [6.45, 7) is 12.9. The summed E-state index contributed by atoms with van der Waals surface area (Å²) in [5, 5.41) is 2.37. The number of piperazine rings is 1. The van der Waals surface area contributed by atoms with Gasteiger partial charge >= 0.3 is 6.09 Å². The third-order valence-corrected chi connectivity index (χ3v) is 9.68. The highest BCUT2D eigenvalue weighted by atomic mass is 16.6. The molecule has 1 saturated carbocycles. The molecular weight excluding hydrogens is 522 g/mol. The van der Waals surface area contributed by atoms with E-state index < -0.39 is 11.6 Å². The monoisotopic (exact) mass is 565 g/mol. The van der Waals surface area contributed by atoms with Gasteiger partial charge in [0, 0.05) is 70.0 Å². The van der Waals surface area contributed by atoms with E-state index in [4.69, 9.17) is 4.74 Å². The molecule has 0 unspecified atom stereocenters. The fourth-order valence-corrected chi connectivity index (χ4v) is 7.50. The van der Waals surface area contributed by atoms with Crippen LogP contribution in [0.2, 0.25) is 0 Å². The molecule has 1 aromatic rings. The Morgan fingerprint density at radius 2 is 1.73 bits per heavy atom. The molecule has 0 aromatic heterocycles. The third-order valence-electron chi connectivity index (χ3n) is 9.68. The van der Waals surface area contributed by atoms with Gasteiger partial charge in [-0.25, -0.2) is 4.79 Å². The molecule has 1 atom stereocenters. The molecule has 4 amide bonds. The van der Waals surface area contributed by atoms with Crippen molar-refractivity contribution in [1.29, 1.82) is 0 Å². The first-order valence-electron chi connectivity index (χ1n) is 15.2. The van der Waals surface area contributed by atoms with Crippen LogP contribution in [0.3, 0.4) is 0 Å². The fourth-order valence-electron chi connectivity index (χ4n) is 7.50. The molecule has 1 N–H and O–H groups in total. The number of benzene rings is 1. The van der Waals surface area contributed by atoms with Crippen molar-refractivity contribution in [2.45, 2.75) is 77.5 Å². The van der Waals surface area contributed by atoms with Crippen molar-refractivity contribution in [3.63, 3.8) is 0 Å². The van der Waals surface area contributed by atoms with E-state index in [0.29, 0.717) is 23.9 Å². The SMILES string of the molecule is CC(C)(C)OC(=O)N1CCC2(CC1)CC(CN1CCN(c3ccc4c(c3)CN([C@H]3CCC(=O)NC3=O)C4=O)CC1)C2. The minimum Gasteiger partial charge on any atom is -0.444 e. The first-order chi connectivity index (χ1) is 19.5. The standard InChI is InChI=1S/C31H43N5O5/c1-30(2,3)41-29(40)35-10-8-31(9-11-35)17-21(18-31)19-33-12-14-34(15-13-33)23-4-5-24-22(16-23)20-36(28(24)39)25-6-7-26(37)32-27(25)38/h4-5,16,21,25H,6-15,17-20H2,1-3H3,(H,32,37,38)/t25-/m0/s1. The second kappa shape index (κ2) is 10.6. The molecule has 6 rings (SSSR count). The van der Waals surface area contributed by atoms with Gasteiger partial charge in [0.25, 0.3) is 5.91 Å². The summed E-state index contributed by atoms with van der Waals surface area (Å²) < 4.78 is 5.56. The maximum atomic E-state index is 13.0. The Hall–Kier alpha value is -3.14. The largest absolute Gasteiger partial charge is 0.444 e. The zero-order valence-electron chi connectivity index (χ0n) is 24.6. The van der Waals surface area contributed by atoms with E-state index in [1.54, 1.807) is 4.90 Å². The molecule has 1 aliphatic carbocycles. The van der Waals surface area contributed by atoms with E-state index in [1.807, 2.05) is 37.8 Å². The number of imide groups is 1. The Morgan fingerprint density at radius 3 is 2.39 bits per heavy atom. The molecule has 4 aliphatic heterocycles. The summed E-state index contributed by atoms with van der Waals surface area (Å²) >= 11 is 0. The van der Waals surface area contributed by atoms with Crippen molar-refractivity contribution in [2.75, 3.05) is 50.7 Å². The topological polar surface area (TPSA) is 102 Å². The molecule has 10 nitrogen and oxygen atoms in total. The van der Waals surface area contributed by atoms with Crippen molar-refractivity contribution in [3.8, 4) is 0 Å². The molecule has 1 aromatic carbocycles. The zero-order valence-corrected chi connectivity index (χ0v) is 24.6. The quantitative estimate of drug-likeness (QED) is 0.560. The smallest absolute Gasteiger partial charge is 0.410 e. The number of ether oxygens (including phenoxy) is 1. The van der Waals surface area contributed by atoms with Crippen LogP contribution < -0.4 is 10.2 Å². The van der Waals surface area contributed by atoms with Gasteiger partial charge in [0.05, 0.1) is 0 Å². The lowest BCUT2D eigenvalue weighted by molar-refractivity contribution is -0.136. The van der Waals surface area contributed by atoms with Crippen molar-refractivity contribution >= 4 is 29.5 Å². The van der Waals surface area contributed by atoms with Crippen LogP contribution in [0.25, 0.3) is 0 Å². The van der Waals surface area contributed by atoms with Crippen molar-refractivity contribution in [2.24, 2.45) is 11.3 Å². The Labute approximate surface area is 242 Å². The van der Waals surface area contributed by atoms with Gasteiger partial charge in [-0.1, -0.05) is 0 Å². The molecule has 1 spiro atoms. The summed E-state index contributed by atoms with van der Waals surface area (Å²) in [6, 6.07) is 5.45. The molecule has 4 fully saturated rings. The van der Waals surface area contributed by atoms with Gasteiger partial charge in [0.1, 0.15) is 11.6 Å². The highest BCUT2D eigenvalue weighted by molar-refractivity contribution is 6.05. The lowest BCUT2D eigenvalue weighted by Crippen LogP contribution is -2.53. The van der Waals surface area contributed by atoms with E-state index in [2.05, 4.69) is 21.2 Å². The molecule has 0 radical (unpaired) electrons. The van der Waals surface area contributed by atoms with Gasteiger partial charge in [-0.05, 0) is 88.0 Å². The van der Waals surface area contributed by atoms with Gasteiger partial charge in [-0.2, -0.15) is 0 Å². The Morgan fingerprint density at radius 1 is 1.02 bits per heavy atom. The van der Waals surface area contributed by atoms with Crippen LogP contribution in [0.1, 0.15) is 75.2 Å². The number of carbonyl (C=O) groups excluding carboxylic acids is 4. The summed E-state index contributed by atoms with van der Waals surface area (Å²) in [7, 11) is 0. The van der Waals surface area contributed by atoms with Crippen molar-refractivity contribution in [3.05, 3.63) is 29.3 Å². The van der Waals surface area contributed by atoms with Crippen LogP contribution in [0.5, 0.6) is 0 Å². The van der Waals surface area contributed by atoms with Crippen LogP contribution in [0.15, 0.2) is 18.2 Å². The van der Waals surface area contributed by atoms with E-state index >= 15 is 0 Å². The van der Waals surface area contributed by atoms with Crippen LogP contribution in [-0.4, -0.2) is 96.0 Å². The number of amides is 4. The number of hydrogen-bond donors (Lipinski definition) is 1. The molecular formula is C31H43N5O5. The average molecular weight is 566 g/mol.